The molecular weight excluding hydrogens is 460 g/mol. The van der Waals surface area contributed by atoms with Crippen LogP contribution < -0.4 is 0 Å². The lowest BCUT2D eigenvalue weighted by atomic mass is 10.0. The summed E-state index contributed by atoms with van der Waals surface area (Å²) in [5.74, 6) is 0.671. The third kappa shape index (κ3) is 4.39. The molecule has 4 aromatic rings. The van der Waals surface area contributed by atoms with Crippen molar-refractivity contribution in [3.63, 3.8) is 0 Å². The van der Waals surface area contributed by atoms with Crippen LogP contribution in [-0.4, -0.2) is 32.3 Å². The molecule has 1 amide bonds. The zero-order chi connectivity index (χ0) is 22.9. The molecule has 166 valence electrons. The Balaban J connectivity index is 1.35. The summed E-state index contributed by atoms with van der Waals surface area (Å²) >= 11 is 2.63. The second-order valence-electron chi connectivity index (χ2n) is 7.56. The lowest BCUT2D eigenvalue weighted by Gasteiger charge is -2.19. The first-order valence-electron chi connectivity index (χ1n) is 10.2. The number of fused-ring (bicyclic) bond motifs is 1. The Bertz CT molecular complexity index is 1360. The molecule has 5 rings (SSSR count). The number of thiazole rings is 1. The molecule has 1 aliphatic rings. The number of carbonyl (C=O) groups excluding carboxylic acids is 1. The van der Waals surface area contributed by atoms with Gasteiger partial charge < -0.3 is 4.42 Å². The van der Waals surface area contributed by atoms with Gasteiger partial charge in [0.05, 0.1) is 32.9 Å². The summed E-state index contributed by atoms with van der Waals surface area (Å²) in [7, 11) is 0. The Kier molecular flexibility index (Phi) is 5.69. The standard InChI is InChI=1S/C23H18N4O4S2/c1-14-4-6-15(7-5-14)18-12-19(20-3-2-10-31-20)26(25-18)22(28)13-32-23-24-17-9-8-16(27(29)30)11-21(17)33-23/h2-11,19H,12-13H2,1H3/t19-/m0/s1. The van der Waals surface area contributed by atoms with Crippen LogP contribution in [0, 0.1) is 17.0 Å². The molecule has 3 heterocycles. The number of thioether (sulfide) groups is 1. The van der Waals surface area contributed by atoms with E-state index in [4.69, 9.17) is 4.42 Å². The van der Waals surface area contributed by atoms with E-state index in [1.807, 2.05) is 37.3 Å². The summed E-state index contributed by atoms with van der Waals surface area (Å²) < 4.78 is 6.99. The van der Waals surface area contributed by atoms with Crippen molar-refractivity contribution < 1.29 is 14.1 Å². The van der Waals surface area contributed by atoms with Gasteiger partial charge in [-0.3, -0.25) is 14.9 Å². The van der Waals surface area contributed by atoms with E-state index in [9.17, 15) is 14.9 Å². The molecule has 8 nitrogen and oxygen atoms in total. The molecule has 1 atom stereocenters. The highest BCUT2D eigenvalue weighted by Crippen LogP contribution is 2.35. The fourth-order valence-electron chi connectivity index (χ4n) is 3.62. The highest BCUT2D eigenvalue weighted by molar-refractivity contribution is 8.01. The number of hydrogen-bond donors (Lipinski definition) is 0. The van der Waals surface area contributed by atoms with Crippen molar-refractivity contribution >= 4 is 50.6 Å². The minimum atomic E-state index is -0.429. The number of nitro groups is 1. The van der Waals surface area contributed by atoms with Gasteiger partial charge in [0.25, 0.3) is 11.6 Å². The van der Waals surface area contributed by atoms with E-state index in [0.717, 1.165) is 16.8 Å². The van der Waals surface area contributed by atoms with Crippen LogP contribution in [0.3, 0.4) is 0 Å². The second kappa shape index (κ2) is 8.80. The van der Waals surface area contributed by atoms with Crippen LogP contribution in [0.5, 0.6) is 0 Å². The molecule has 0 radical (unpaired) electrons. The Morgan fingerprint density at radius 3 is 2.82 bits per heavy atom. The van der Waals surface area contributed by atoms with E-state index < -0.39 is 4.92 Å². The molecular formula is C23H18N4O4S2. The number of carbonyl (C=O) groups is 1. The molecule has 10 heteroatoms. The van der Waals surface area contributed by atoms with Gasteiger partial charge >= 0.3 is 0 Å². The average molecular weight is 479 g/mol. The summed E-state index contributed by atoms with van der Waals surface area (Å²) in [6.07, 6.45) is 2.16. The third-order valence-electron chi connectivity index (χ3n) is 5.30. The SMILES string of the molecule is Cc1ccc(C2=NN(C(=O)CSc3nc4ccc([N+](=O)[O-])cc4s3)[C@H](c3ccco3)C2)cc1. The Hall–Kier alpha value is -3.50. The second-order valence-corrected chi connectivity index (χ2v) is 9.82. The van der Waals surface area contributed by atoms with E-state index >= 15 is 0 Å². The Labute approximate surface area is 197 Å². The quantitative estimate of drug-likeness (QED) is 0.204. The molecule has 33 heavy (non-hydrogen) atoms. The minimum absolute atomic E-state index is 0.0232. The van der Waals surface area contributed by atoms with E-state index in [1.54, 1.807) is 18.4 Å². The first kappa shape index (κ1) is 21.4. The predicted molar refractivity (Wildman–Crippen MR) is 128 cm³/mol. The fourth-order valence-corrected chi connectivity index (χ4v) is 5.57. The topological polar surface area (TPSA) is 102 Å². The normalized spacial score (nSPS) is 15.7. The zero-order valence-electron chi connectivity index (χ0n) is 17.5. The summed E-state index contributed by atoms with van der Waals surface area (Å²) in [4.78, 5) is 28.2. The molecule has 0 spiro atoms. The maximum Gasteiger partial charge on any atom is 0.270 e. The number of hydrazone groups is 1. The number of amides is 1. The molecule has 0 saturated carbocycles. The van der Waals surface area contributed by atoms with Gasteiger partial charge in [-0.2, -0.15) is 5.10 Å². The molecule has 2 aromatic carbocycles. The average Bonchev–Trinajstić information content (AvgIpc) is 3.56. The number of rotatable bonds is 6. The monoisotopic (exact) mass is 478 g/mol. The number of furan rings is 1. The Morgan fingerprint density at radius 2 is 2.09 bits per heavy atom. The van der Waals surface area contributed by atoms with Crippen LogP contribution in [-0.2, 0) is 4.79 Å². The van der Waals surface area contributed by atoms with Crippen molar-refractivity contribution in [3.8, 4) is 0 Å². The molecule has 0 N–H and O–H groups in total. The van der Waals surface area contributed by atoms with Crippen LogP contribution in [0.4, 0.5) is 5.69 Å². The van der Waals surface area contributed by atoms with Gasteiger partial charge in [0.1, 0.15) is 11.8 Å². The van der Waals surface area contributed by atoms with E-state index in [0.29, 0.717) is 26.7 Å². The number of benzene rings is 2. The van der Waals surface area contributed by atoms with E-state index in [-0.39, 0.29) is 23.4 Å². The van der Waals surface area contributed by atoms with Crippen molar-refractivity contribution in [1.29, 1.82) is 0 Å². The predicted octanol–water partition coefficient (Wildman–Crippen LogP) is 5.58. The first-order valence-corrected chi connectivity index (χ1v) is 12.0. The fraction of sp³-hybridized carbons (Fsp3) is 0.174. The smallest absolute Gasteiger partial charge is 0.270 e. The van der Waals surface area contributed by atoms with Crippen molar-refractivity contribution in [2.45, 2.75) is 23.7 Å². The number of aromatic nitrogens is 1. The van der Waals surface area contributed by atoms with Crippen molar-refractivity contribution in [2.75, 3.05) is 5.75 Å². The van der Waals surface area contributed by atoms with Crippen molar-refractivity contribution in [2.24, 2.45) is 5.10 Å². The number of aryl methyl sites for hydroxylation is 1. The molecule has 0 saturated heterocycles. The molecule has 0 unspecified atom stereocenters. The van der Waals surface area contributed by atoms with Crippen molar-refractivity contribution in [1.82, 2.24) is 9.99 Å². The van der Waals surface area contributed by atoms with Crippen LogP contribution in [0.25, 0.3) is 10.2 Å². The van der Waals surface area contributed by atoms with Gasteiger partial charge in [-0.15, -0.1) is 11.3 Å². The van der Waals surface area contributed by atoms with Crippen LogP contribution in [0.15, 0.2) is 74.7 Å². The molecule has 0 aliphatic carbocycles. The first-order chi connectivity index (χ1) is 16.0. The maximum absolute atomic E-state index is 13.2. The highest BCUT2D eigenvalue weighted by atomic mass is 32.2. The summed E-state index contributed by atoms with van der Waals surface area (Å²) in [6.45, 7) is 2.03. The van der Waals surface area contributed by atoms with Gasteiger partial charge in [0.15, 0.2) is 4.34 Å². The van der Waals surface area contributed by atoms with E-state index in [1.165, 1.54) is 40.2 Å². The van der Waals surface area contributed by atoms with Crippen molar-refractivity contribution in [3.05, 3.63) is 87.9 Å². The molecule has 0 bridgehead atoms. The lowest BCUT2D eigenvalue weighted by Crippen LogP contribution is -2.28. The molecule has 2 aromatic heterocycles. The maximum atomic E-state index is 13.2. The summed E-state index contributed by atoms with van der Waals surface area (Å²) in [6, 6.07) is 16.0. The number of nitrogens with zero attached hydrogens (tertiary/aromatic N) is 4. The number of non-ortho nitro benzene ring substituents is 1. The Morgan fingerprint density at radius 1 is 1.27 bits per heavy atom. The summed E-state index contributed by atoms with van der Waals surface area (Å²) in [5.41, 5.74) is 3.67. The van der Waals surface area contributed by atoms with Gasteiger partial charge in [-0.25, -0.2) is 9.99 Å². The van der Waals surface area contributed by atoms with Gasteiger partial charge in [0, 0.05) is 18.6 Å². The van der Waals surface area contributed by atoms with Gasteiger partial charge in [0.2, 0.25) is 0 Å². The van der Waals surface area contributed by atoms with Crippen LogP contribution in [0.1, 0.15) is 29.3 Å². The highest BCUT2D eigenvalue weighted by Gasteiger charge is 2.34. The largest absolute Gasteiger partial charge is 0.467 e. The molecule has 1 aliphatic heterocycles. The molecule has 0 fully saturated rings. The van der Waals surface area contributed by atoms with Gasteiger partial charge in [-0.1, -0.05) is 41.6 Å². The number of nitro benzene ring substituents is 1. The van der Waals surface area contributed by atoms with Crippen LogP contribution >= 0.6 is 23.1 Å². The zero-order valence-corrected chi connectivity index (χ0v) is 19.1. The van der Waals surface area contributed by atoms with E-state index in [2.05, 4.69) is 10.1 Å². The summed E-state index contributed by atoms with van der Waals surface area (Å²) in [5, 5.41) is 17.1. The van der Waals surface area contributed by atoms with Gasteiger partial charge in [-0.05, 0) is 30.7 Å². The number of hydrogen-bond acceptors (Lipinski definition) is 8. The lowest BCUT2D eigenvalue weighted by molar-refractivity contribution is -0.384. The third-order valence-corrected chi connectivity index (χ3v) is 7.45. The minimum Gasteiger partial charge on any atom is -0.467 e. The van der Waals surface area contributed by atoms with Crippen LogP contribution in [0.2, 0.25) is 0 Å².